The summed E-state index contributed by atoms with van der Waals surface area (Å²) in [7, 11) is 0. The number of nitrogens with two attached hydrogens (primary N) is 1. The number of amidine groups is 1. The van der Waals surface area contributed by atoms with Gasteiger partial charge in [0.25, 0.3) is 0 Å². The number of ether oxygens (including phenoxy) is 2. The van der Waals surface area contributed by atoms with E-state index in [1.165, 1.54) is 0 Å². The molecule has 0 saturated carbocycles. The van der Waals surface area contributed by atoms with Gasteiger partial charge in [0.2, 0.25) is 0 Å². The molecule has 4 nitrogen and oxygen atoms in total. The third kappa shape index (κ3) is 5.20. The number of hydrogen-bond donors (Lipinski definition) is 2. The zero-order chi connectivity index (χ0) is 14.3. The Morgan fingerprint density at radius 1 is 1.26 bits per heavy atom. The van der Waals surface area contributed by atoms with Gasteiger partial charge >= 0.3 is 0 Å². The molecule has 0 bridgehead atoms. The van der Waals surface area contributed by atoms with Crippen LogP contribution in [0.2, 0.25) is 0 Å². The molecule has 1 rings (SSSR count). The summed E-state index contributed by atoms with van der Waals surface area (Å²) >= 11 is 0. The smallest absolute Gasteiger partial charge is 0.122 e. The molecule has 0 aliphatic carbocycles. The van der Waals surface area contributed by atoms with Crippen molar-refractivity contribution in [3.8, 4) is 11.5 Å². The van der Waals surface area contributed by atoms with E-state index in [-0.39, 0.29) is 11.3 Å². The summed E-state index contributed by atoms with van der Waals surface area (Å²) in [6.07, 6.45) is 1.71. The lowest BCUT2D eigenvalue weighted by Gasteiger charge is -2.22. The molecule has 4 heteroatoms. The maximum Gasteiger partial charge on any atom is 0.122 e. The number of nitrogens with one attached hydrogen (secondary N) is 1. The van der Waals surface area contributed by atoms with Crippen LogP contribution in [0, 0.1) is 10.8 Å². The molecule has 0 saturated heterocycles. The number of benzene rings is 1. The first-order chi connectivity index (χ1) is 8.95. The lowest BCUT2D eigenvalue weighted by molar-refractivity contribution is 0.283. The minimum atomic E-state index is -0.253. The third-order valence-corrected chi connectivity index (χ3v) is 3.06. The summed E-state index contributed by atoms with van der Waals surface area (Å²) in [5, 5.41) is 7.49. The van der Waals surface area contributed by atoms with Gasteiger partial charge in [-0.15, -0.1) is 0 Å². The number of rotatable bonds is 8. The highest BCUT2D eigenvalue weighted by atomic mass is 16.5. The molecule has 0 radical (unpaired) electrons. The molecule has 0 spiro atoms. The summed E-state index contributed by atoms with van der Waals surface area (Å²) in [4.78, 5) is 0. The summed E-state index contributed by atoms with van der Waals surface area (Å²) in [5.41, 5.74) is 5.29. The first kappa shape index (κ1) is 15.3. The molecule has 0 aliphatic rings. The molecule has 3 N–H and O–H groups in total. The molecule has 0 amide bonds. The van der Waals surface area contributed by atoms with Crippen LogP contribution in [0.25, 0.3) is 0 Å². The fourth-order valence-electron chi connectivity index (χ4n) is 1.66. The molecular weight excluding hydrogens is 240 g/mol. The summed E-state index contributed by atoms with van der Waals surface area (Å²) < 4.78 is 11.1. The SMILES string of the molecule is CCOc1cccc(OCCCC(C)(C)C(=N)N)c1. The van der Waals surface area contributed by atoms with Gasteiger partial charge in [0.15, 0.2) is 0 Å². The largest absolute Gasteiger partial charge is 0.494 e. The van der Waals surface area contributed by atoms with Crippen LogP contribution >= 0.6 is 0 Å². The van der Waals surface area contributed by atoms with E-state index >= 15 is 0 Å². The molecule has 1 aromatic carbocycles. The Morgan fingerprint density at radius 3 is 2.47 bits per heavy atom. The molecule has 1 aromatic rings. The van der Waals surface area contributed by atoms with Gasteiger partial charge < -0.3 is 15.2 Å². The van der Waals surface area contributed by atoms with E-state index in [9.17, 15) is 0 Å². The fourth-order valence-corrected chi connectivity index (χ4v) is 1.66. The van der Waals surface area contributed by atoms with Crippen molar-refractivity contribution in [2.75, 3.05) is 13.2 Å². The summed E-state index contributed by atoms with van der Waals surface area (Å²) in [5.74, 6) is 1.86. The normalized spacial score (nSPS) is 11.1. The molecule has 0 aliphatic heterocycles. The fraction of sp³-hybridized carbons (Fsp3) is 0.533. The standard InChI is InChI=1S/C15H24N2O2/c1-4-18-12-7-5-8-13(11-12)19-10-6-9-15(2,3)14(16)17/h5,7-8,11H,4,6,9-10H2,1-3H3,(H3,16,17). The predicted octanol–water partition coefficient (Wildman–Crippen LogP) is 3.21. The molecular formula is C15H24N2O2. The van der Waals surface area contributed by atoms with Gasteiger partial charge in [-0.25, -0.2) is 0 Å². The lowest BCUT2D eigenvalue weighted by atomic mass is 9.87. The molecule has 0 heterocycles. The van der Waals surface area contributed by atoms with Crippen LogP contribution in [0.3, 0.4) is 0 Å². The Morgan fingerprint density at radius 2 is 1.89 bits per heavy atom. The Kier molecular flexibility index (Phi) is 5.67. The van der Waals surface area contributed by atoms with Crippen molar-refractivity contribution in [2.45, 2.75) is 33.6 Å². The molecule has 0 atom stereocenters. The van der Waals surface area contributed by atoms with Gasteiger partial charge in [-0.05, 0) is 31.9 Å². The van der Waals surface area contributed by atoms with Gasteiger partial charge in [-0.1, -0.05) is 19.9 Å². The van der Waals surface area contributed by atoms with Crippen molar-refractivity contribution in [3.63, 3.8) is 0 Å². The zero-order valence-electron chi connectivity index (χ0n) is 12.0. The molecule has 0 aromatic heterocycles. The van der Waals surface area contributed by atoms with Gasteiger partial charge in [-0.2, -0.15) is 0 Å². The zero-order valence-corrected chi connectivity index (χ0v) is 12.0. The Labute approximate surface area is 115 Å². The van der Waals surface area contributed by atoms with E-state index < -0.39 is 0 Å². The van der Waals surface area contributed by atoms with E-state index in [0.717, 1.165) is 24.3 Å². The van der Waals surface area contributed by atoms with Gasteiger partial charge in [0, 0.05) is 11.5 Å². The quantitative estimate of drug-likeness (QED) is 0.430. The summed E-state index contributed by atoms with van der Waals surface area (Å²) in [6, 6.07) is 7.63. The Bertz CT molecular complexity index is 416. The van der Waals surface area contributed by atoms with E-state index in [1.54, 1.807) is 0 Å². The van der Waals surface area contributed by atoms with Crippen molar-refractivity contribution in [1.82, 2.24) is 0 Å². The van der Waals surface area contributed by atoms with Gasteiger partial charge in [0.05, 0.1) is 19.0 Å². The third-order valence-electron chi connectivity index (χ3n) is 3.06. The molecule has 0 fully saturated rings. The van der Waals surface area contributed by atoms with E-state index in [2.05, 4.69) is 0 Å². The van der Waals surface area contributed by atoms with Gasteiger partial charge in [0.1, 0.15) is 11.5 Å². The van der Waals surface area contributed by atoms with E-state index in [4.69, 9.17) is 20.6 Å². The lowest BCUT2D eigenvalue weighted by Crippen LogP contribution is -2.31. The average molecular weight is 264 g/mol. The molecule has 106 valence electrons. The van der Waals surface area contributed by atoms with Crippen molar-refractivity contribution in [3.05, 3.63) is 24.3 Å². The Hall–Kier alpha value is -1.71. The van der Waals surface area contributed by atoms with Crippen LogP contribution in [0.5, 0.6) is 11.5 Å². The second-order valence-electron chi connectivity index (χ2n) is 5.16. The maximum atomic E-state index is 7.49. The highest BCUT2D eigenvalue weighted by Crippen LogP contribution is 2.23. The van der Waals surface area contributed by atoms with Crippen LogP contribution < -0.4 is 15.2 Å². The van der Waals surface area contributed by atoms with Crippen LogP contribution in [-0.4, -0.2) is 19.0 Å². The first-order valence-electron chi connectivity index (χ1n) is 6.66. The van der Waals surface area contributed by atoms with Crippen molar-refractivity contribution in [2.24, 2.45) is 11.1 Å². The second kappa shape index (κ2) is 7.02. The Balaban J connectivity index is 2.37. The average Bonchev–Trinajstić information content (AvgIpc) is 2.35. The topological polar surface area (TPSA) is 68.3 Å². The van der Waals surface area contributed by atoms with Crippen LogP contribution in [0.15, 0.2) is 24.3 Å². The van der Waals surface area contributed by atoms with Crippen LogP contribution in [0.4, 0.5) is 0 Å². The first-order valence-corrected chi connectivity index (χ1v) is 6.66. The summed E-state index contributed by atoms with van der Waals surface area (Å²) in [6.45, 7) is 7.18. The van der Waals surface area contributed by atoms with E-state index in [0.29, 0.717) is 13.2 Å². The van der Waals surface area contributed by atoms with Crippen LogP contribution in [-0.2, 0) is 0 Å². The highest BCUT2D eigenvalue weighted by Gasteiger charge is 2.20. The number of hydrogen-bond acceptors (Lipinski definition) is 3. The second-order valence-corrected chi connectivity index (χ2v) is 5.16. The minimum absolute atomic E-state index is 0.228. The molecule has 19 heavy (non-hydrogen) atoms. The highest BCUT2D eigenvalue weighted by molar-refractivity contribution is 5.82. The van der Waals surface area contributed by atoms with E-state index in [1.807, 2.05) is 45.0 Å². The van der Waals surface area contributed by atoms with Gasteiger partial charge in [-0.3, -0.25) is 5.41 Å². The van der Waals surface area contributed by atoms with Crippen molar-refractivity contribution >= 4 is 5.84 Å². The van der Waals surface area contributed by atoms with Crippen molar-refractivity contribution in [1.29, 1.82) is 5.41 Å². The predicted molar refractivity (Wildman–Crippen MR) is 78.0 cm³/mol. The molecule has 0 unspecified atom stereocenters. The van der Waals surface area contributed by atoms with Crippen LogP contribution in [0.1, 0.15) is 33.6 Å². The maximum absolute atomic E-state index is 7.49. The monoisotopic (exact) mass is 264 g/mol. The van der Waals surface area contributed by atoms with Crippen molar-refractivity contribution < 1.29 is 9.47 Å². The minimum Gasteiger partial charge on any atom is -0.494 e.